The minimum Gasteiger partial charge on any atom is -0.336 e. The van der Waals surface area contributed by atoms with Crippen LogP contribution in [0.2, 0.25) is 0 Å². The summed E-state index contributed by atoms with van der Waals surface area (Å²) in [7, 11) is 0. The Labute approximate surface area is 171 Å². The summed E-state index contributed by atoms with van der Waals surface area (Å²) >= 11 is 1.80. The minimum atomic E-state index is 0.145. The third kappa shape index (κ3) is 4.41. The Bertz CT molecular complexity index is 796. The first kappa shape index (κ1) is 19.5. The van der Waals surface area contributed by atoms with Crippen molar-refractivity contribution < 1.29 is 4.79 Å². The Morgan fingerprint density at radius 2 is 1.79 bits per heavy atom. The Balaban J connectivity index is 1.32. The zero-order valence-electron chi connectivity index (χ0n) is 16.6. The van der Waals surface area contributed by atoms with Crippen molar-refractivity contribution in [3.63, 3.8) is 0 Å². The van der Waals surface area contributed by atoms with Gasteiger partial charge in [0.15, 0.2) is 0 Å². The second kappa shape index (κ2) is 9.09. The lowest BCUT2D eigenvalue weighted by molar-refractivity contribution is 0.0624. The predicted molar refractivity (Wildman–Crippen MR) is 112 cm³/mol. The van der Waals surface area contributed by atoms with Crippen LogP contribution in [0.3, 0.4) is 0 Å². The quantitative estimate of drug-likeness (QED) is 0.774. The lowest BCUT2D eigenvalue weighted by Crippen LogP contribution is -2.48. The predicted octanol–water partition coefficient (Wildman–Crippen LogP) is 2.83. The first-order valence-corrected chi connectivity index (χ1v) is 11.6. The van der Waals surface area contributed by atoms with E-state index in [0.29, 0.717) is 0 Å². The average molecular weight is 400 g/mol. The van der Waals surface area contributed by atoms with Crippen LogP contribution in [0.4, 0.5) is 0 Å². The molecule has 0 bridgehead atoms. The van der Waals surface area contributed by atoms with Crippen molar-refractivity contribution in [3.8, 4) is 0 Å². The maximum Gasteiger partial charge on any atom is 0.253 e. The van der Waals surface area contributed by atoms with Gasteiger partial charge >= 0.3 is 0 Å². The van der Waals surface area contributed by atoms with Gasteiger partial charge in [0.2, 0.25) is 0 Å². The molecule has 0 atom stereocenters. The van der Waals surface area contributed by atoms with E-state index in [4.69, 9.17) is 0 Å². The fourth-order valence-electron chi connectivity index (χ4n) is 4.06. The molecule has 0 unspecified atom stereocenters. The number of carbonyl (C=O) groups excluding carboxylic acids is 1. The molecule has 1 amide bonds. The monoisotopic (exact) mass is 399 g/mol. The molecule has 4 rings (SSSR count). The van der Waals surface area contributed by atoms with Gasteiger partial charge in [-0.2, -0.15) is 11.8 Å². The summed E-state index contributed by atoms with van der Waals surface area (Å²) in [5.74, 6) is 3.36. The van der Waals surface area contributed by atoms with Crippen molar-refractivity contribution >= 4 is 17.7 Å². The Hall–Kier alpha value is -1.86. The molecule has 7 heteroatoms. The fraction of sp³-hybridized carbons (Fsp3) is 0.571. The highest BCUT2D eigenvalue weighted by Crippen LogP contribution is 2.17. The molecule has 3 heterocycles. The van der Waals surface area contributed by atoms with E-state index in [0.717, 1.165) is 68.7 Å². The number of benzene rings is 1. The standard InChI is InChI=1S/C21H29N5OS/c1-28-16-17-6-8-18(9-7-17)21(27)25-13-11-24(12-14-25)15-20-23-22-19-5-3-2-4-10-26(19)20/h6-9H,2-5,10-16H2,1H3. The maximum atomic E-state index is 12.8. The molecule has 1 aromatic heterocycles. The van der Waals surface area contributed by atoms with E-state index in [1.54, 1.807) is 11.8 Å². The van der Waals surface area contributed by atoms with Gasteiger partial charge in [-0.15, -0.1) is 10.2 Å². The number of aromatic nitrogens is 3. The van der Waals surface area contributed by atoms with E-state index < -0.39 is 0 Å². The van der Waals surface area contributed by atoms with E-state index >= 15 is 0 Å². The van der Waals surface area contributed by atoms with E-state index in [-0.39, 0.29) is 5.91 Å². The third-order valence-electron chi connectivity index (χ3n) is 5.72. The molecular formula is C21H29N5OS. The number of fused-ring (bicyclic) bond motifs is 1. The van der Waals surface area contributed by atoms with Gasteiger partial charge in [0.25, 0.3) is 5.91 Å². The molecule has 1 aromatic carbocycles. The number of nitrogens with zero attached hydrogens (tertiary/aromatic N) is 5. The Kier molecular flexibility index (Phi) is 6.32. The zero-order chi connectivity index (χ0) is 19.3. The number of carbonyl (C=O) groups is 1. The molecule has 0 saturated carbocycles. The number of thioether (sulfide) groups is 1. The van der Waals surface area contributed by atoms with Gasteiger partial charge in [-0.1, -0.05) is 18.6 Å². The maximum absolute atomic E-state index is 12.8. The third-order valence-corrected chi connectivity index (χ3v) is 6.34. The van der Waals surface area contributed by atoms with Crippen molar-refractivity contribution in [3.05, 3.63) is 47.0 Å². The molecule has 0 spiro atoms. The number of hydrogen-bond donors (Lipinski definition) is 0. The largest absolute Gasteiger partial charge is 0.336 e. The molecule has 1 saturated heterocycles. The molecular weight excluding hydrogens is 370 g/mol. The van der Waals surface area contributed by atoms with Crippen LogP contribution in [-0.4, -0.2) is 62.9 Å². The summed E-state index contributed by atoms with van der Waals surface area (Å²) in [5, 5.41) is 8.85. The molecule has 2 aliphatic rings. The van der Waals surface area contributed by atoms with E-state index in [1.807, 2.05) is 17.0 Å². The summed E-state index contributed by atoms with van der Waals surface area (Å²) in [6.45, 7) is 5.19. The van der Waals surface area contributed by atoms with Crippen LogP contribution >= 0.6 is 11.8 Å². The summed E-state index contributed by atoms with van der Waals surface area (Å²) in [5.41, 5.74) is 2.06. The van der Waals surface area contributed by atoms with E-state index in [2.05, 4.69) is 38.1 Å². The first-order valence-electron chi connectivity index (χ1n) is 10.2. The van der Waals surface area contributed by atoms with Crippen LogP contribution in [0, 0.1) is 0 Å². The van der Waals surface area contributed by atoms with Gasteiger partial charge < -0.3 is 9.47 Å². The smallest absolute Gasteiger partial charge is 0.253 e. The van der Waals surface area contributed by atoms with Gasteiger partial charge in [-0.3, -0.25) is 9.69 Å². The SMILES string of the molecule is CSCc1ccc(C(=O)N2CCN(Cc3nnc4n3CCCCC4)CC2)cc1. The Morgan fingerprint density at radius 3 is 2.54 bits per heavy atom. The Morgan fingerprint density at radius 1 is 1.00 bits per heavy atom. The van der Waals surface area contributed by atoms with Crippen LogP contribution in [-0.2, 0) is 25.3 Å². The van der Waals surface area contributed by atoms with Crippen LogP contribution in [0.15, 0.2) is 24.3 Å². The zero-order valence-corrected chi connectivity index (χ0v) is 17.5. The van der Waals surface area contributed by atoms with Gasteiger partial charge in [-0.25, -0.2) is 0 Å². The highest BCUT2D eigenvalue weighted by molar-refractivity contribution is 7.97. The molecule has 0 radical (unpaired) electrons. The summed E-state index contributed by atoms with van der Waals surface area (Å²) in [4.78, 5) is 17.2. The molecule has 150 valence electrons. The molecule has 2 aliphatic heterocycles. The van der Waals surface area contributed by atoms with Crippen molar-refractivity contribution in [1.82, 2.24) is 24.6 Å². The van der Waals surface area contributed by atoms with E-state index in [9.17, 15) is 4.79 Å². The number of rotatable bonds is 5. The molecule has 0 N–H and O–H groups in total. The minimum absolute atomic E-state index is 0.145. The highest BCUT2D eigenvalue weighted by Gasteiger charge is 2.24. The van der Waals surface area contributed by atoms with Gasteiger partial charge in [-0.05, 0) is 36.8 Å². The van der Waals surface area contributed by atoms with Gasteiger partial charge in [0.05, 0.1) is 6.54 Å². The van der Waals surface area contributed by atoms with Crippen LogP contribution in [0.5, 0.6) is 0 Å². The second-order valence-corrected chi connectivity index (χ2v) is 8.56. The van der Waals surface area contributed by atoms with E-state index in [1.165, 1.54) is 24.8 Å². The molecule has 0 aliphatic carbocycles. The molecule has 1 fully saturated rings. The average Bonchev–Trinajstić information content (AvgIpc) is 2.95. The highest BCUT2D eigenvalue weighted by atomic mass is 32.2. The van der Waals surface area contributed by atoms with Crippen molar-refractivity contribution in [2.45, 2.75) is 44.5 Å². The van der Waals surface area contributed by atoms with Crippen molar-refractivity contribution in [1.29, 1.82) is 0 Å². The fourth-order valence-corrected chi connectivity index (χ4v) is 4.59. The summed E-state index contributed by atoms with van der Waals surface area (Å²) in [6.07, 6.45) is 6.86. The normalized spacial score (nSPS) is 18.0. The number of piperazine rings is 1. The summed E-state index contributed by atoms with van der Waals surface area (Å²) in [6, 6.07) is 8.06. The van der Waals surface area contributed by atoms with Crippen molar-refractivity contribution in [2.24, 2.45) is 0 Å². The summed E-state index contributed by atoms with van der Waals surface area (Å²) < 4.78 is 2.32. The number of amides is 1. The van der Waals surface area contributed by atoms with Crippen molar-refractivity contribution in [2.75, 3.05) is 32.4 Å². The van der Waals surface area contributed by atoms with Crippen LogP contribution in [0.25, 0.3) is 0 Å². The number of hydrogen-bond acceptors (Lipinski definition) is 5. The van der Waals surface area contributed by atoms with Crippen LogP contribution in [0.1, 0.15) is 46.8 Å². The molecule has 28 heavy (non-hydrogen) atoms. The lowest BCUT2D eigenvalue weighted by Gasteiger charge is -2.34. The second-order valence-electron chi connectivity index (χ2n) is 7.69. The molecule has 2 aromatic rings. The van der Waals surface area contributed by atoms with Gasteiger partial charge in [0.1, 0.15) is 11.6 Å². The number of aryl methyl sites for hydroxylation is 1. The van der Waals surface area contributed by atoms with Gasteiger partial charge in [0, 0.05) is 50.5 Å². The lowest BCUT2D eigenvalue weighted by atomic mass is 10.1. The molecule has 6 nitrogen and oxygen atoms in total. The topological polar surface area (TPSA) is 54.3 Å². The first-order chi connectivity index (χ1) is 13.7. The van der Waals surface area contributed by atoms with Crippen LogP contribution < -0.4 is 0 Å².